The minimum Gasteiger partial charge on any atom is -0.325 e. The number of piperidine rings is 1. The Morgan fingerprint density at radius 1 is 1.25 bits per heavy atom. The van der Waals surface area contributed by atoms with Crippen molar-refractivity contribution in [3.05, 3.63) is 30.3 Å². The van der Waals surface area contributed by atoms with E-state index in [4.69, 9.17) is 0 Å². The summed E-state index contributed by atoms with van der Waals surface area (Å²) < 4.78 is 0. The normalized spacial score (nSPS) is 16.4. The van der Waals surface area contributed by atoms with Gasteiger partial charge < -0.3 is 10.6 Å². The Balaban J connectivity index is 0.00000200. The maximum absolute atomic E-state index is 11.9. The van der Waals surface area contributed by atoms with Gasteiger partial charge in [-0.2, -0.15) is 0 Å². The summed E-state index contributed by atoms with van der Waals surface area (Å²) >= 11 is 0. The van der Waals surface area contributed by atoms with Crippen LogP contribution in [-0.2, 0) is 4.79 Å². The lowest BCUT2D eigenvalue weighted by Crippen LogP contribution is -2.40. The van der Waals surface area contributed by atoms with Crippen molar-refractivity contribution in [3.63, 3.8) is 0 Å². The summed E-state index contributed by atoms with van der Waals surface area (Å²) in [7, 11) is 2.00. The second kappa shape index (κ2) is 8.95. The Labute approximate surface area is 127 Å². The standard InChI is InChI=1S/C15H23N3O.ClH/c1-16-11-13-7-9-18(10-8-13)12-15(19)17-14-5-3-2-4-6-14;/h2-6,13,16H,7-12H2,1H3,(H,17,19);1H. The fourth-order valence-electron chi connectivity index (χ4n) is 2.56. The van der Waals surface area contributed by atoms with E-state index < -0.39 is 0 Å². The number of carbonyl (C=O) groups excluding carboxylic acids is 1. The topological polar surface area (TPSA) is 44.4 Å². The smallest absolute Gasteiger partial charge is 0.238 e. The van der Waals surface area contributed by atoms with Gasteiger partial charge in [-0.25, -0.2) is 0 Å². The fourth-order valence-corrected chi connectivity index (χ4v) is 2.56. The molecule has 1 aliphatic rings. The third-order valence-electron chi connectivity index (χ3n) is 3.62. The van der Waals surface area contributed by atoms with E-state index in [1.165, 1.54) is 12.8 Å². The maximum atomic E-state index is 11.9. The third kappa shape index (κ3) is 5.49. The number of likely N-dealkylation sites (tertiary alicyclic amines) is 1. The van der Waals surface area contributed by atoms with Crippen LogP contribution in [0.2, 0.25) is 0 Å². The van der Waals surface area contributed by atoms with Crippen LogP contribution in [0.15, 0.2) is 30.3 Å². The quantitative estimate of drug-likeness (QED) is 0.873. The molecule has 4 nitrogen and oxygen atoms in total. The van der Waals surface area contributed by atoms with Gasteiger partial charge in [0.05, 0.1) is 6.54 Å². The molecule has 5 heteroatoms. The lowest BCUT2D eigenvalue weighted by Gasteiger charge is -2.31. The maximum Gasteiger partial charge on any atom is 0.238 e. The van der Waals surface area contributed by atoms with Crippen LogP contribution < -0.4 is 10.6 Å². The molecule has 0 radical (unpaired) electrons. The monoisotopic (exact) mass is 297 g/mol. The molecule has 0 aliphatic carbocycles. The summed E-state index contributed by atoms with van der Waals surface area (Å²) in [4.78, 5) is 14.2. The molecule has 1 heterocycles. The first-order valence-electron chi connectivity index (χ1n) is 7.00. The zero-order valence-corrected chi connectivity index (χ0v) is 12.8. The summed E-state index contributed by atoms with van der Waals surface area (Å²) in [6.07, 6.45) is 2.36. The van der Waals surface area contributed by atoms with E-state index in [0.29, 0.717) is 6.54 Å². The van der Waals surface area contributed by atoms with Crippen LogP contribution in [0.25, 0.3) is 0 Å². The first-order chi connectivity index (χ1) is 9.28. The van der Waals surface area contributed by atoms with Crippen molar-refractivity contribution in [3.8, 4) is 0 Å². The lowest BCUT2D eigenvalue weighted by molar-refractivity contribution is -0.117. The van der Waals surface area contributed by atoms with Gasteiger partial charge in [0.1, 0.15) is 0 Å². The van der Waals surface area contributed by atoms with Crippen LogP contribution in [0.3, 0.4) is 0 Å². The average molecular weight is 298 g/mol. The van der Waals surface area contributed by atoms with Gasteiger partial charge in [0.15, 0.2) is 0 Å². The van der Waals surface area contributed by atoms with E-state index in [-0.39, 0.29) is 18.3 Å². The number of hydrogen-bond acceptors (Lipinski definition) is 3. The van der Waals surface area contributed by atoms with Gasteiger partial charge in [0.2, 0.25) is 5.91 Å². The number of nitrogens with zero attached hydrogens (tertiary/aromatic N) is 1. The van der Waals surface area contributed by atoms with Crippen molar-refractivity contribution in [2.75, 3.05) is 38.5 Å². The molecule has 1 aliphatic heterocycles. The van der Waals surface area contributed by atoms with Gasteiger partial charge >= 0.3 is 0 Å². The van der Waals surface area contributed by atoms with Gasteiger partial charge in [0, 0.05) is 5.69 Å². The Morgan fingerprint density at radius 3 is 2.50 bits per heavy atom. The highest BCUT2D eigenvalue weighted by Crippen LogP contribution is 2.16. The van der Waals surface area contributed by atoms with Crippen molar-refractivity contribution >= 4 is 24.0 Å². The molecule has 112 valence electrons. The average Bonchev–Trinajstić information content (AvgIpc) is 2.42. The molecule has 0 aromatic heterocycles. The molecule has 0 bridgehead atoms. The van der Waals surface area contributed by atoms with Crippen molar-refractivity contribution in [2.45, 2.75) is 12.8 Å². The molecule has 0 unspecified atom stereocenters. The molecule has 0 atom stereocenters. The molecule has 2 rings (SSSR count). The number of rotatable bonds is 5. The van der Waals surface area contributed by atoms with Crippen LogP contribution >= 0.6 is 12.4 Å². The van der Waals surface area contributed by atoms with Crippen molar-refractivity contribution in [2.24, 2.45) is 5.92 Å². The van der Waals surface area contributed by atoms with Crippen LogP contribution in [0, 0.1) is 5.92 Å². The summed E-state index contributed by atoms with van der Waals surface area (Å²) in [5, 5.41) is 6.16. The van der Waals surface area contributed by atoms with E-state index in [9.17, 15) is 4.79 Å². The Kier molecular flexibility index (Phi) is 7.59. The summed E-state index contributed by atoms with van der Waals surface area (Å²) in [5.74, 6) is 0.844. The molecular weight excluding hydrogens is 274 g/mol. The van der Waals surface area contributed by atoms with E-state index in [2.05, 4.69) is 15.5 Å². The highest BCUT2D eigenvalue weighted by Gasteiger charge is 2.20. The SMILES string of the molecule is CNCC1CCN(CC(=O)Nc2ccccc2)CC1.Cl. The van der Waals surface area contributed by atoms with E-state index in [0.717, 1.165) is 31.2 Å². The van der Waals surface area contributed by atoms with Gasteiger partial charge in [-0.05, 0) is 57.6 Å². The Bertz CT molecular complexity index is 391. The van der Waals surface area contributed by atoms with E-state index in [1.807, 2.05) is 37.4 Å². The Hall–Kier alpha value is -1.10. The second-order valence-electron chi connectivity index (χ2n) is 5.19. The zero-order chi connectivity index (χ0) is 13.5. The molecule has 0 saturated carbocycles. The number of hydrogen-bond donors (Lipinski definition) is 2. The summed E-state index contributed by atoms with van der Waals surface area (Å²) in [5.41, 5.74) is 0.873. The molecular formula is C15H24ClN3O. The minimum atomic E-state index is 0. The van der Waals surface area contributed by atoms with Gasteiger partial charge in [0.25, 0.3) is 0 Å². The lowest BCUT2D eigenvalue weighted by atomic mass is 9.97. The molecule has 1 saturated heterocycles. The number of para-hydroxylation sites is 1. The highest BCUT2D eigenvalue weighted by atomic mass is 35.5. The molecule has 1 aromatic rings. The van der Waals surface area contributed by atoms with Crippen LogP contribution in [-0.4, -0.2) is 44.0 Å². The van der Waals surface area contributed by atoms with E-state index in [1.54, 1.807) is 0 Å². The predicted molar refractivity (Wildman–Crippen MR) is 85.4 cm³/mol. The molecule has 1 amide bonds. The first kappa shape index (κ1) is 17.0. The molecule has 1 aromatic carbocycles. The number of nitrogens with one attached hydrogen (secondary N) is 2. The zero-order valence-electron chi connectivity index (χ0n) is 12.0. The fraction of sp³-hybridized carbons (Fsp3) is 0.533. The molecule has 20 heavy (non-hydrogen) atoms. The largest absolute Gasteiger partial charge is 0.325 e. The number of halogens is 1. The van der Waals surface area contributed by atoms with E-state index >= 15 is 0 Å². The molecule has 1 fully saturated rings. The van der Waals surface area contributed by atoms with Crippen molar-refractivity contribution < 1.29 is 4.79 Å². The third-order valence-corrected chi connectivity index (χ3v) is 3.62. The molecule has 0 spiro atoms. The van der Waals surface area contributed by atoms with Crippen LogP contribution in [0.4, 0.5) is 5.69 Å². The van der Waals surface area contributed by atoms with Crippen LogP contribution in [0.1, 0.15) is 12.8 Å². The number of benzene rings is 1. The summed E-state index contributed by atoms with van der Waals surface area (Å²) in [6, 6.07) is 9.63. The van der Waals surface area contributed by atoms with Crippen molar-refractivity contribution in [1.82, 2.24) is 10.2 Å². The predicted octanol–water partition coefficient (Wildman–Crippen LogP) is 1.98. The number of amides is 1. The van der Waals surface area contributed by atoms with Crippen molar-refractivity contribution in [1.29, 1.82) is 0 Å². The van der Waals surface area contributed by atoms with Crippen LogP contribution in [0.5, 0.6) is 0 Å². The first-order valence-corrected chi connectivity index (χ1v) is 7.00. The van der Waals surface area contributed by atoms with Gasteiger partial charge in [-0.3, -0.25) is 9.69 Å². The highest BCUT2D eigenvalue weighted by molar-refractivity contribution is 5.92. The number of carbonyl (C=O) groups is 1. The van der Waals surface area contributed by atoms with Gasteiger partial charge in [-0.15, -0.1) is 12.4 Å². The van der Waals surface area contributed by atoms with Gasteiger partial charge in [-0.1, -0.05) is 18.2 Å². The Morgan fingerprint density at radius 2 is 1.90 bits per heavy atom. The number of anilines is 1. The minimum absolute atomic E-state index is 0. The summed E-state index contributed by atoms with van der Waals surface area (Å²) in [6.45, 7) is 3.63. The second-order valence-corrected chi connectivity index (χ2v) is 5.19. The molecule has 2 N–H and O–H groups in total.